The first-order valence-corrected chi connectivity index (χ1v) is 11.7. The van der Waals surface area contributed by atoms with E-state index in [4.69, 9.17) is 27.9 Å². The van der Waals surface area contributed by atoms with E-state index in [1.807, 2.05) is 0 Å². The van der Waals surface area contributed by atoms with E-state index in [1.165, 1.54) is 30.3 Å². The Bertz CT molecular complexity index is 1390. The summed E-state index contributed by atoms with van der Waals surface area (Å²) in [6.45, 7) is 1.86. The molecule has 0 unspecified atom stereocenters. The molecule has 1 aliphatic heterocycles. The smallest absolute Gasteiger partial charge is 0.335 e. The second-order valence-electron chi connectivity index (χ2n) is 7.62. The number of nitrogens with one attached hydrogen (secondary N) is 1. The first-order chi connectivity index (χ1) is 16.6. The van der Waals surface area contributed by atoms with E-state index in [0.717, 1.165) is 10.5 Å². The standard InChI is InChI=1S/C25H16BrCl2FN2O4/c1-13-5-6-17(11-20(13)27)31-24(33)18(23(32)30-25(31)34)8-15-9-19(26)22(21(28)10-15)35-12-14-3-2-4-16(29)7-14/h2-11H,12H2,1H3,(H,30,32,34)/b18-8-. The van der Waals surface area contributed by atoms with Gasteiger partial charge in [-0.1, -0.05) is 41.4 Å². The summed E-state index contributed by atoms with van der Waals surface area (Å²) >= 11 is 15.9. The van der Waals surface area contributed by atoms with Crippen LogP contribution in [0.25, 0.3) is 6.08 Å². The van der Waals surface area contributed by atoms with Crippen LogP contribution in [0.4, 0.5) is 14.9 Å². The fourth-order valence-electron chi connectivity index (χ4n) is 3.36. The van der Waals surface area contributed by atoms with Gasteiger partial charge in [0.1, 0.15) is 18.0 Å². The minimum absolute atomic E-state index is 0.0770. The van der Waals surface area contributed by atoms with Crippen LogP contribution in [-0.2, 0) is 16.2 Å². The van der Waals surface area contributed by atoms with E-state index in [9.17, 15) is 18.8 Å². The van der Waals surface area contributed by atoms with Crippen LogP contribution in [0.15, 0.2) is 64.6 Å². The average molecular weight is 578 g/mol. The molecule has 3 aromatic rings. The van der Waals surface area contributed by atoms with Gasteiger partial charge >= 0.3 is 6.03 Å². The monoisotopic (exact) mass is 576 g/mol. The van der Waals surface area contributed by atoms with E-state index >= 15 is 0 Å². The van der Waals surface area contributed by atoms with Gasteiger partial charge in [0, 0.05) is 5.02 Å². The van der Waals surface area contributed by atoms with Crippen molar-refractivity contribution < 1.29 is 23.5 Å². The number of ether oxygens (including phenoxy) is 1. The number of nitrogens with zero attached hydrogens (tertiary/aromatic N) is 1. The van der Waals surface area contributed by atoms with Gasteiger partial charge < -0.3 is 4.74 Å². The highest BCUT2D eigenvalue weighted by Gasteiger charge is 2.37. The number of aryl methyl sites for hydroxylation is 1. The van der Waals surface area contributed by atoms with Gasteiger partial charge in [0.25, 0.3) is 11.8 Å². The zero-order valence-electron chi connectivity index (χ0n) is 18.1. The SMILES string of the molecule is Cc1ccc(N2C(=O)NC(=O)/C(=C/c3cc(Cl)c(OCc4cccc(F)c4)c(Br)c3)C2=O)cc1Cl. The van der Waals surface area contributed by atoms with E-state index in [1.54, 1.807) is 37.3 Å². The van der Waals surface area contributed by atoms with Crippen LogP contribution in [0.5, 0.6) is 5.75 Å². The molecule has 35 heavy (non-hydrogen) atoms. The largest absolute Gasteiger partial charge is 0.486 e. The lowest BCUT2D eigenvalue weighted by atomic mass is 10.1. The summed E-state index contributed by atoms with van der Waals surface area (Å²) in [6, 6.07) is 12.9. The molecule has 0 bridgehead atoms. The molecule has 1 heterocycles. The zero-order valence-corrected chi connectivity index (χ0v) is 21.2. The first-order valence-electron chi connectivity index (χ1n) is 10.2. The third-order valence-corrected chi connectivity index (χ3v) is 6.40. The lowest BCUT2D eigenvalue weighted by Crippen LogP contribution is -2.54. The molecule has 6 nitrogen and oxygen atoms in total. The molecule has 1 saturated heterocycles. The number of amides is 4. The first kappa shape index (κ1) is 24.9. The molecule has 0 aliphatic carbocycles. The molecule has 1 fully saturated rings. The highest BCUT2D eigenvalue weighted by atomic mass is 79.9. The Hall–Kier alpha value is -3.20. The number of halogens is 4. The van der Waals surface area contributed by atoms with Gasteiger partial charge in [-0.15, -0.1) is 0 Å². The maximum absolute atomic E-state index is 13.4. The number of carbonyl (C=O) groups is 3. The third kappa shape index (κ3) is 5.40. The Morgan fingerprint density at radius 1 is 1.06 bits per heavy atom. The van der Waals surface area contributed by atoms with Crippen molar-refractivity contribution >= 4 is 68.7 Å². The molecule has 1 N–H and O–H groups in total. The summed E-state index contributed by atoms with van der Waals surface area (Å²) in [6.07, 6.45) is 1.32. The molecular weight excluding hydrogens is 562 g/mol. The minimum atomic E-state index is -0.877. The topological polar surface area (TPSA) is 75.7 Å². The van der Waals surface area contributed by atoms with Crippen LogP contribution in [0.1, 0.15) is 16.7 Å². The molecule has 0 spiro atoms. The number of imide groups is 2. The summed E-state index contributed by atoms with van der Waals surface area (Å²) in [7, 11) is 0. The van der Waals surface area contributed by atoms with E-state index < -0.39 is 17.8 Å². The third-order valence-electron chi connectivity index (χ3n) is 5.12. The fourth-order valence-corrected chi connectivity index (χ4v) is 4.53. The number of carbonyl (C=O) groups excluding carboxylic acids is 3. The Balaban J connectivity index is 1.62. The van der Waals surface area contributed by atoms with Crippen molar-refractivity contribution in [2.24, 2.45) is 0 Å². The second kappa shape index (κ2) is 10.2. The van der Waals surface area contributed by atoms with Crippen LogP contribution < -0.4 is 15.0 Å². The van der Waals surface area contributed by atoms with Crippen molar-refractivity contribution in [2.45, 2.75) is 13.5 Å². The fraction of sp³-hybridized carbons (Fsp3) is 0.0800. The number of hydrogen-bond acceptors (Lipinski definition) is 4. The molecule has 10 heteroatoms. The molecule has 0 atom stereocenters. The number of anilines is 1. The molecule has 4 amide bonds. The summed E-state index contributed by atoms with van der Waals surface area (Å²) in [5, 5.41) is 2.73. The predicted octanol–water partition coefficient (Wildman–Crippen LogP) is 6.45. The maximum Gasteiger partial charge on any atom is 0.335 e. The second-order valence-corrected chi connectivity index (χ2v) is 9.29. The van der Waals surface area contributed by atoms with Crippen LogP contribution in [0.3, 0.4) is 0 Å². The Kier molecular flexibility index (Phi) is 7.25. The molecule has 0 saturated carbocycles. The number of hydrogen-bond donors (Lipinski definition) is 1. The Labute approximate surface area is 218 Å². The molecule has 0 radical (unpaired) electrons. The molecule has 4 rings (SSSR count). The van der Waals surface area contributed by atoms with Crippen LogP contribution in [-0.4, -0.2) is 17.8 Å². The van der Waals surface area contributed by atoms with Gasteiger partial charge in [0.05, 0.1) is 15.2 Å². The summed E-state index contributed by atoms with van der Waals surface area (Å²) < 4.78 is 19.6. The Morgan fingerprint density at radius 2 is 1.83 bits per heavy atom. The number of benzene rings is 3. The van der Waals surface area contributed by atoms with Gasteiger partial charge in [0.15, 0.2) is 5.75 Å². The van der Waals surface area contributed by atoms with Crippen LogP contribution in [0.2, 0.25) is 10.0 Å². The highest BCUT2D eigenvalue weighted by molar-refractivity contribution is 9.10. The van der Waals surface area contributed by atoms with E-state index in [0.29, 0.717) is 26.4 Å². The molecule has 0 aromatic heterocycles. The minimum Gasteiger partial charge on any atom is -0.486 e. The molecule has 178 valence electrons. The quantitative estimate of drug-likeness (QED) is 0.279. The van der Waals surface area contributed by atoms with Gasteiger partial charge in [-0.05, 0) is 82.0 Å². The van der Waals surface area contributed by atoms with Crippen molar-refractivity contribution in [3.05, 3.63) is 97.2 Å². The van der Waals surface area contributed by atoms with Gasteiger partial charge in [-0.25, -0.2) is 14.1 Å². The van der Waals surface area contributed by atoms with E-state index in [-0.39, 0.29) is 28.7 Å². The number of rotatable bonds is 5. The molecule has 3 aromatic carbocycles. The van der Waals surface area contributed by atoms with Crippen LogP contribution >= 0.6 is 39.1 Å². The predicted molar refractivity (Wildman–Crippen MR) is 135 cm³/mol. The Morgan fingerprint density at radius 3 is 2.51 bits per heavy atom. The van der Waals surface area contributed by atoms with Crippen molar-refractivity contribution in [2.75, 3.05) is 4.90 Å². The number of barbiturate groups is 1. The summed E-state index contributed by atoms with van der Waals surface area (Å²) in [5.41, 5.74) is 1.75. The van der Waals surface area contributed by atoms with Gasteiger partial charge in [-0.2, -0.15) is 0 Å². The lowest BCUT2D eigenvalue weighted by molar-refractivity contribution is -0.122. The average Bonchev–Trinajstić information content (AvgIpc) is 2.78. The van der Waals surface area contributed by atoms with Gasteiger partial charge in [-0.3, -0.25) is 14.9 Å². The van der Waals surface area contributed by atoms with Crippen molar-refractivity contribution in [3.63, 3.8) is 0 Å². The number of urea groups is 1. The highest BCUT2D eigenvalue weighted by Crippen LogP contribution is 2.36. The normalized spacial score (nSPS) is 14.9. The van der Waals surface area contributed by atoms with Crippen molar-refractivity contribution in [1.82, 2.24) is 5.32 Å². The zero-order chi connectivity index (χ0) is 25.3. The maximum atomic E-state index is 13.4. The van der Waals surface area contributed by atoms with Crippen molar-refractivity contribution in [1.29, 1.82) is 0 Å². The molecular formula is C25H16BrCl2FN2O4. The summed E-state index contributed by atoms with van der Waals surface area (Å²) in [5.74, 6) is -1.72. The summed E-state index contributed by atoms with van der Waals surface area (Å²) in [4.78, 5) is 38.8. The van der Waals surface area contributed by atoms with E-state index in [2.05, 4.69) is 21.2 Å². The van der Waals surface area contributed by atoms with Gasteiger partial charge in [0.2, 0.25) is 0 Å². The molecule has 1 aliphatic rings. The lowest BCUT2D eigenvalue weighted by Gasteiger charge is -2.26. The van der Waals surface area contributed by atoms with Crippen molar-refractivity contribution in [3.8, 4) is 5.75 Å². The van der Waals surface area contributed by atoms with Crippen LogP contribution in [0, 0.1) is 12.7 Å².